The first kappa shape index (κ1) is 16.6. The summed E-state index contributed by atoms with van der Waals surface area (Å²) in [7, 11) is 0. The third-order valence-electron chi connectivity index (χ3n) is 3.10. The highest BCUT2D eigenvalue weighted by Crippen LogP contribution is 2.35. The quantitative estimate of drug-likeness (QED) is 0.701. The van der Waals surface area contributed by atoms with Crippen LogP contribution in [0.2, 0.25) is 0 Å². The Hall–Kier alpha value is -2.25. The predicted octanol–water partition coefficient (Wildman–Crippen LogP) is 4.89. The van der Waals surface area contributed by atoms with Gasteiger partial charge in [0.1, 0.15) is 5.01 Å². The lowest BCUT2D eigenvalue weighted by Crippen LogP contribution is -1.98. The Morgan fingerprint density at radius 2 is 2.00 bits per heavy atom. The van der Waals surface area contributed by atoms with Gasteiger partial charge in [-0.2, -0.15) is 0 Å². The fourth-order valence-corrected chi connectivity index (χ4v) is 3.88. The summed E-state index contributed by atoms with van der Waals surface area (Å²) in [6.45, 7) is 0. The van der Waals surface area contributed by atoms with Gasteiger partial charge in [0.15, 0.2) is 11.6 Å². The molecular weight excluding hydrogens is 352 g/mol. The monoisotopic (exact) mass is 363 g/mol. The summed E-state index contributed by atoms with van der Waals surface area (Å²) in [6, 6.07) is 11.1. The van der Waals surface area contributed by atoms with Crippen LogP contribution in [0.5, 0.6) is 0 Å². The minimum atomic E-state index is -0.961. The largest absolute Gasteiger partial charge is 0.481 e. The highest BCUT2D eigenvalue weighted by atomic mass is 32.2. The molecule has 0 aliphatic heterocycles. The summed E-state index contributed by atoms with van der Waals surface area (Å²) in [4.78, 5) is 16.0. The van der Waals surface area contributed by atoms with E-state index in [4.69, 9.17) is 5.11 Å². The Bertz CT molecular complexity index is 904. The molecule has 7 heteroatoms. The van der Waals surface area contributed by atoms with Gasteiger partial charge >= 0.3 is 5.97 Å². The van der Waals surface area contributed by atoms with Gasteiger partial charge in [0.2, 0.25) is 0 Å². The van der Waals surface area contributed by atoms with E-state index >= 15 is 0 Å². The van der Waals surface area contributed by atoms with Gasteiger partial charge in [0.05, 0.1) is 16.0 Å². The molecule has 0 bridgehead atoms. The highest BCUT2D eigenvalue weighted by molar-refractivity contribution is 8.09. The Morgan fingerprint density at radius 3 is 2.71 bits per heavy atom. The summed E-state index contributed by atoms with van der Waals surface area (Å²) >= 11 is 2.52. The minimum absolute atomic E-state index is 0.147. The molecule has 0 spiro atoms. The third kappa shape index (κ3) is 3.80. The van der Waals surface area contributed by atoms with E-state index in [1.165, 1.54) is 17.4 Å². The number of carbonyl (C=O) groups is 1. The SMILES string of the molecule is O=C(O)CSC(=Cc1ccc(F)c(F)c1)c1nc2ccccc2s1. The van der Waals surface area contributed by atoms with E-state index in [1.54, 1.807) is 6.08 Å². The van der Waals surface area contributed by atoms with Crippen LogP contribution in [0.15, 0.2) is 42.5 Å². The molecule has 0 radical (unpaired) electrons. The molecule has 1 heterocycles. The Morgan fingerprint density at radius 1 is 1.21 bits per heavy atom. The standard InChI is InChI=1S/C17H11F2NO2S2/c18-11-6-5-10(7-12(11)19)8-15(23-9-16(21)22)17-20-13-3-1-2-4-14(13)24-17/h1-8H,9H2,(H,21,22). The molecule has 1 aromatic heterocycles. The average Bonchev–Trinajstić information content (AvgIpc) is 2.98. The smallest absolute Gasteiger partial charge is 0.313 e. The maximum absolute atomic E-state index is 13.4. The molecule has 2 aromatic carbocycles. The highest BCUT2D eigenvalue weighted by Gasteiger charge is 2.12. The number of fused-ring (bicyclic) bond motifs is 1. The second-order valence-electron chi connectivity index (χ2n) is 4.85. The van der Waals surface area contributed by atoms with Crippen molar-refractivity contribution >= 4 is 50.3 Å². The van der Waals surface area contributed by atoms with Crippen molar-refractivity contribution in [2.24, 2.45) is 0 Å². The van der Waals surface area contributed by atoms with Crippen molar-refractivity contribution in [3.63, 3.8) is 0 Å². The number of nitrogens with zero attached hydrogens (tertiary/aromatic N) is 1. The van der Waals surface area contributed by atoms with Crippen LogP contribution in [0.3, 0.4) is 0 Å². The lowest BCUT2D eigenvalue weighted by molar-refractivity contribution is -0.133. The van der Waals surface area contributed by atoms with E-state index in [9.17, 15) is 13.6 Å². The maximum atomic E-state index is 13.4. The molecule has 0 atom stereocenters. The molecule has 3 aromatic rings. The first-order chi connectivity index (χ1) is 11.5. The van der Waals surface area contributed by atoms with Crippen molar-refractivity contribution in [3.8, 4) is 0 Å². The lowest BCUT2D eigenvalue weighted by atomic mass is 10.2. The first-order valence-electron chi connectivity index (χ1n) is 6.90. The zero-order valence-electron chi connectivity index (χ0n) is 12.2. The summed E-state index contributed by atoms with van der Waals surface area (Å²) in [5.41, 5.74) is 1.26. The van der Waals surface area contributed by atoms with E-state index < -0.39 is 17.6 Å². The van der Waals surface area contributed by atoms with Crippen LogP contribution in [-0.2, 0) is 4.79 Å². The number of aromatic nitrogens is 1. The van der Waals surface area contributed by atoms with Crippen LogP contribution in [0.1, 0.15) is 10.6 Å². The number of rotatable bonds is 5. The van der Waals surface area contributed by atoms with Gasteiger partial charge in [-0.3, -0.25) is 4.79 Å². The maximum Gasteiger partial charge on any atom is 0.313 e. The van der Waals surface area contributed by atoms with Crippen molar-refractivity contribution in [2.45, 2.75) is 0 Å². The van der Waals surface area contributed by atoms with E-state index in [0.29, 0.717) is 15.5 Å². The number of hydrogen-bond donors (Lipinski definition) is 1. The van der Waals surface area contributed by atoms with E-state index in [1.807, 2.05) is 24.3 Å². The van der Waals surface area contributed by atoms with Crippen LogP contribution in [0, 0.1) is 11.6 Å². The fourth-order valence-electron chi connectivity index (χ4n) is 2.04. The molecule has 0 amide bonds. The molecule has 3 nitrogen and oxygen atoms in total. The van der Waals surface area contributed by atoms with Crippen LogP contribution in [-0.4, -0.2) is 21.8 Å². The van der Waals surface area contributed by atoms with Gasteiger partial charge < -0.3 is 5.11 Å². The second-order valence-corrected chi connectivity index (χ2v) is 6.90. The number of thiazole rings is 1. The molecule has 0 aliphatic carbocycles. The second kappa shape index (κ2) is 7.11. The van der Waals surface area contributed by atoms with Crippen LogP contribution in [0.25, 0.3) is 21.2 Å². The number of carboxylic acids is 1. The van der Waals surface area contributed by atoms with Gasteiger partial charge in [0.25, 0.3) is 0 Å². The summed E-state index contributed by atoms with van der Waals surface area (Å²) in [6.07, 6.45) is 1.62. The molecule has 0 saturated carbocycles. The lowest BCUT2D eigenvalue weighted by Gasteiger charge is -2.03. The van der Waals surface area contributed by atoms with Gasteiger partial charge in [-0.1, -0.05) is 18.2 Å². The molecule has 122 valence electrons. The molecule has 24 heavy (non-hydrogen) atoms. The average molecular weight is 363 g/mol. The zero-order chi connectivity index (χ0) is 17.1. The molecule has 3 rings (SSSR count). The Balaban J connectivity index is 2.02. The summed E-state index contributed by atoms with van der Waals surface area (Å²) in [5, 5.41) is 9.57. The Kier molecular flexibility index (Phi) is 4.92. The zero-order valence-corrected chi connectivity index (χ0v) is 13.8. The Labute approximate surface area is 144 Å². The van der Waals surface area contributed by atoms with E-state index in [0.717, 1.165) is 34.1 Å². The number of thioether (sulfide) groups is 1. The molecular formula is C17H11F2NO2S2. The number of aliphatic carboxylic acids is 1. The van der Waals surface area contributed by atoms with Crippen molar-refractivity contribution in [1.29, 1.82) is 0 Å². The van der Waals surface area contributed by atoms with Crippen LogP contribution in [0.4, 0.5) is 8.78 Å². The van der Waals surface area contributed by atoms with Crippen LogP contribution >= 0.6 is 23.1 Å². The van der Waals surface area contributed by atoms with Gasteiger partial charge in [-0.25, -0.2) is 13.8 Å². The van der Waals surface area contributed by atoms with E-state index in [-0.39, 0.29) is 5.75 Å². The number of benzene rings is 2. The normalized spacial score (nSPS) is 11.8. The van der Waals surface area contributed by atoms with Crippen molar-refractivity contribution < 1.29 is 18.7 Å². The number of carboxylic acid groups (broad SMARTS) is 1. The molecule has 0 unspecified atom stereocenters. The van der Waals surface area contributed by atoms with Crippen molar-refractivity contribution in [2.75, 3.05) is 5.75 Å². The number of para-hydroxylation sites is 1. The van der Waals surface area contributed by atoms with Crippen LogP contribution < -0.4 is 0 Å². The van der Waals surface area contributed by atoms with Crippen molar-refractivity contribution in [3.05, 3.63) is 64.7 Å². The van der Waals surface area contributed by atoms with Gasteiger partial charge in [-0.05, 0) is 35.9 Å². The van der Waals surface area contributed by atoms with Gasteiger partial charge in [-0.15, -0.1) is 23.1 Å². The molecule has 1 N–H and O–H groups in total. The van der Waals surface area contributed by atoms with E-state index in [2.05, 4.69) is 4.98 Å². The minimum Gasteiger partial charge on any atom is -0.481 e. The number of hydrogen-bond acceptors (Lipinski definition) is 4. The van der Waals surface area contributed by atoms with Gasteiger partial charge in [0, 0.05) is 4.91 Å². The molecule has 0 fully saturated rings. The fraction of sp³-hybridized carbons (Fsp3) is 0.0588. The molecule has 0 saturated heterocycles. The first-order valence-corrected chi connectivity index (χ1v) is 8.70. The summed E-state index contributed by atoms with van der Waals surface area (Å²) < 4.78 is 27.4. The molecule has 0 aliphatic rings. The topological polar surface area (TPSA) is 50.2 Å². The van der Waals surface area contributed by atoms with Crippen molar-refractivity contribution in [1.82, 2.24) is 4.98 Å². The third-order valence-corrected chi connectivity index (χ3v) is 5.31. The summed E-state index contributed by atoms with van der Waals surface area (Å²) in [5.74, 6) is -2.98. The predicted molar refractivity (Wildman–Crippen MR) is 93.9 cm³/mol. The number of halogens is 2.